The van der Waals surface area contributed by atoms with Gasteiger partial charge in [0.05, 0.1) is 0 Å². The predicted octanol–water partition coefficient (Wildman–Crippen LogP) is 3.74. The van der Waals surface area contributed by atoms with Crippen molar-refractivity contribution in [1.29, 1.82) is 0 Å². The molecule has 0 saturated carbocycles. The Kier molecular flexibility index (Phi) is 6.20. The summed E-state index contributed by atoms with van der Waals surface area (Å²) in [7, 11) is 0. The van der Waals surface area contributed by atoms with Crippen molar-refractivity contribution >= 4 is 17.3 Å². The van der Waals surface area contributed by atoms with E-state index in [1.54, 1.807) is 12.1 Å². The van der Waals surface area contributed by atoms with E-state index in [0.29, 0.717) is 30.0 Å². The van der Waals surface area contributed by atoms with E-state index in [-0.39, 0.29) is 5.78 Å². The Labute approximate surface area is 160 Å². The van der Waals surface area contributed by atoms with E-state index in [0.717, 1.165) is 36.8 Å². The quantitative estimate of drug-likeness (QED) is 0.821. The van der Waals surface area contributed by atoms with Crippen molar-refractivity contribution in [3.05, 3.63) is 76.9 Å². The molecule has 0 radical (unpaired) electrons. The molecule has 0 spiro atoms. The molecule has 1 atom stereocenters. The topological polar surface area (TPSA) is 86.2 Å². The molecule has 0 heterocycles. The van der Waals surface area contributed by atoms with Gasteiger partial charge < -0.3 is 11.5 Å². The van der Waals surface area contributed by atoms with E-state index >= 15 is 0 Å². The number of hydrogen-bond acceptors (Lipinski definition) is 3. The molecule has 140 valence electrons. The van der Waals surface area contributed by atoms with Crippen LogP contribution in [0.25, 0.3) is 5.57 Å². The van der Waals surface area contributed by atoms with Crippen LogP contribution in [0, 0.1) is 5.92 Å². The number of nitrogens with two attached hydrogens (primary N) is 2. The number of hydrogen-bond donors (Lipinski definition) is 2. The second-order valence-corrected chi connectivity index (χ2v) is 7.12. The number of carbonyl (C=O) groups is 2. The summed E-state index contributed by atoms with van der Waals surface area (Å²) in [5.74, 6) is -0.139. The van der Waals surface area contributed by atoms with Gasteiger partial charge in [0.25, 0.3) is 0 Å². The molecule has 0 saturated heterocycles. The van der Waals surface area contributed by atoms with Crippen molar-refractivity contribution in [3.8, 4) is 0 Å². The molecule has 0 fully saturated rings. The molecular weight excluding hydrogens is 336 g/mol. The third-order valence-electron chi connectivity index (χ3n) is 5.12. The van der Waals surface area contributed by atoms with Gasteiger partial charge in [0, 0.05) is 17.5 Å². The fourth-order valence-corrected chi connectivity index (χ4v) is 3.71. The maximum absolute atomic E-state index is 12.8. The fraction of sp³-hybridized carbons (Fsp3) is 0.304. The molecule has 0 bridgehead atoms. The van der Waals surface area contributed by atoms with Gasteiger partial charge in [-0.15, -0.1) is 0 Å². The maximum Gasteiger partial charge on any atom is 0.248 e. The number of rotatable bonds is 6. The van der Waals surface area contributed by atoms with Crippen LogP contribution in [0.2, 0.25) is 0 Å². The van der Waals surface area contributed by atoms with Gasteiger partial charge in [-0.2, -0.15) is 0 Å². The second kappa shape index (κ2) is 8.78. The van der Waals surface area contributed by atoms with Gasteiger partial charge in [-0.1, -0.05) is 42.5 Å². The van der Waals surface area contributed by atoms with E-state index in [2.05, 4.69) is 18.2 Å². The molecule has 2 aromatic rings. The third-order valence-corrected chi connectivity index (χ3v) is 5.12. The standard InChI is InChI=1S/C23H26N2O2/c24-12-4-7-18-14-17(13-16-5-2-1-3-6-16)8-11-22(26)21-15-19(23(25)27)9-10-20(18)21/h1-3,5-6,9-10,14-15,17H,4,7-8,11-13,24H2,(H2,25,27)/b18-14-. The van der Waals surface area contributed by atoms with Crippen molar-refractivity contribution in [2.24, 2.45) is 17.4 Å². The molecule has 2 aromatic carbocycles. The van der Waals surface area contributed by atoms with Crippen LogP contribution in [0.4, 0.5) is 0 Å². The summed E-state index contributed by atoms with van der Waals surface area (Å²) >= 11 is 0. The first-order chi connectivity index (χ1) is 13.1. The summed E-state index contributed by atoms with van der Waals surface area (Å²) in [6.07, 6.45) is 6.15. The molecule has 4 nitrogen and oxygen atoms in total. The lowest BCUT2D eigenvalue weighted by molar-refractivity contribution is 0.0975. The SMILES string of the molecule is NCCC/C1=C/C(Cc2ccccc2)CCC(=O)c2cc(C(N)=O)ccc21. The average Bonchev–Trinajstić information content (AvgIpc) is 2.68. The summed E-state index contributed by atoms with van der Waals surface area (Å²) < 4.78 is 0. The van der Waals surface area contributed by atoms with E-state index in [1.807, 2.05) is 24.3 Å². The number of amides is 1. The van der Waals surface area contributed by atoms with Crippen LogP contribution in [0.15, 0.2) is 54.6 Å². The highest BCUT2D eigenvalue weighted by atomic mass is 16.1. The highest BCUT2D eigenvalue weighted by molar-refractivity contribution is 6.04. The zero-order valence-corrected chi connectivity index (χ0v) is 15.5. The Bertz CT molecular complexity index is 856. The van der Waals surface area contributed by atoms with Crippen molar-refractivity contribution < 1.29 is 9.59 Å². The molecule has 4 heteroatoms. The van der Waals surface area contributed by atoms with Crippen molar-refractivity contribution in [2.75, 3.05) is 6.54 Å². The van der Waals surface area contributed by atoms with Crippen LogP contribution in [0.1, 0.15) is 57.5 Å². The second-order valence-electron chi connectivity index (χ2n) is 7.12. The number of allylic oxidation sites excluding steroid dienone is 2. The minimum atomic E-state index is -0.512. The summed E-state index contributed by atoms with van der Waals surface area (Å²) in [4.78, 5) is 24.4. The Balaban J connectivity index is 2.00. The summed E-state index contributed by atoms with van der Waals surface area (Å²) in [6, 6.07) is 15.6. The maximum atomic E-state index is 12.8. The van der Waals surface area contributed by atoms with Crippen LogP contribution in [0.5, 0.6) is 0 Å². The smallest absolute Gasteiger partial charge is 0.248 e. The molecule has 1 unspecified atom stereocenters. The molecule has 1 aliphatic carbocycles. The van der Waals surface area contributed by atoms with E-state index < -0.39 is 5.91 Å². The monoisotopic (exact) mass is 362 g/mol. The van der Waals surface area contributed by atoms with E-state index in [9.17, 15) is 9.59 Å². The first-order valence-electron chi connectivity index (χ1n) is 9.50. The molecule has 3 rings (SSSR count). The van der Waals surface area contributed by atoms with Crippen LogP contribution in [-0.2, 0) is 6.42 Å². The number of ketones is 1. The molecule has 1 aliphatic rings. The Morgan fingerprint density at radius 1 is 1.07 bits per heavy atom. The van der Waals surface area contributed by atoms with Crippen molar-refractivity contribution in [2.45, 2.75) is 32.1 Å². The summed E-state index contributed by atoms with van der Waals surface area (Å²) in [5.41, 5.74) is 15.4. The van der Waals surface area contributed by atoms with E-state index in [4.69, 9.17) is 11.5 Å². The highest BCUT2D eigenvalue weighted by Crippen LogP contribution is 2.32. The Hall–Kier alpha value is -2.72. The van der Waals surface area contributed by atoms with Crippen LogP contribution >= 0.6 is 0 Å². The molecule has 4 N–H and O–H groups in total. The van der Waals surface area contributed by atoms with Crippen LogP contribution < -0.4 is 11.5 Å². The van der Waals surface area contributed by atoms with Gasteiger partial charge in [-0.05, 0) is 67.0 Å². The molecular formula is C23H26N2O2. The lowest BCUT2D eigenvalue weighted by Gasteiger charge is -2.21. The predicted molar refractivity (Wildman–Crippen MR) is 108 cm³/mol. The zero-order valence-electron chi connectivity index (χ0n) is 15.5. The van der Waals surface area contributed by atoms with Gasteiger partial charge in [-0.25, -0.2) is 0 Å². The minimum Gasteiger partial charge on any atom is -0.366 e. The van der Waals surface area contributed by atoms with Gasteiger partial charge in [0.2, 0.25) is 5.91 Å². The molecule has 1 amide bonds. The highest BCUT2D eigenvalue weighted by Gasteiger charge is 2.22. The van der Waals surface area contributed by atoms with E-state index in [1.165, 1.54) is 5.56 Å². The average molecular weight is 362 g/mol. The van der Waals surface area contributed by atoms with Gasteiger partial charge >= 0.3 is 0 Å². The largest absolute Gasteiger partial charge is 0.366 e. The van der Waals surface area contributed by atoms with Crippen LogP contribution in [-0.4, -0.2) is 18.2 Å². The first-order valence-corrected chi connectivity index (χ1v) is 9.50. The van der Waals surface area contributed by atoms with Crippen LogP contribution in [0.3, 0.4) is 0 Å². The van der Waals surface area contributed by atoms with Gasteiger partial charge in [0.1, 0.15) is 0 Å². The number of benzene rings is 2. The normalized spacial score (nSPS) is 18.8. The van der Waals surface area contributed by atoms with Gasteiger partial charge in [0.15, 0.2) is 5.78 Å². The Morgan fingerprint density at radius 3 is 2.56 bits per heavy atom. The zero-order chi connectivity index (χ0) is 19.2. The lowest BCUT2D eigenvalue weighted by Crippen LogP contribution is -2.16. The summed E-state index contributed by atoms with van der Waals surface area (Å²) in [5, 5.41) is 0. The van der Waals surface area contributed by atoms with Gasteiger partial charge in [-0.3, -0.25) is 9.59 Å². The first kappa shape index (κ1) is 19.1. The number of Topliss-reactive ketones (excluding diaryl/α,β-unsaturated/α-hetero) is 1. The fourth-order valence-electron chi connectivity index (χ4n) is 3.71. The number of fused-ring (bicyclic) bond motifs is 1. The minimum absolute atomic E-state index is 0.0736. The third kappa shape index (κ3) is 4.72. The number of carbonyl (C=O) groups excluding carboxylic acids is 2. The number of primary amides is 1. The van der Waals surface area contributed by atoms with Crippen molar-refractivity contribution in [3.63, 3.8) is 0 Å². The Morgan fingerprint density at radius 2 is 1.85 bits per heavy atom. The lowest BCUT2D eigenvalue weighted by atomic mass is 9.82. The molecule has 27 heavy (non-hydrogen) atoms. The summed E-state index contributed by atoms with van der Waals surface area (Å²) in [6.45, 7) is 0.601. The molecule has 0 aromatic heterocycles. The van der Waals surface area contributed by atoms with Crippen molar-refractivity contribution in [1.82, 2.24) is 0 Å². The molecule has 0 aliphatic heterocycles.